The average Bonchev–Trinajstić information content (AvgIpc) is 2.92. The highest BCUT2D eigenvalue weighted by atomic mass is 32.1. The van der Waals surface area contributed by atoms with Gasteiger partial charge in [-0.1, -0.05) is 31.2 Å². The molecule has 1 heterocycles. The Bertz CT molecular complexity index is 462. The molecular formula is C15H20N2S. The zero-order valence-electron chi connectivity index (χ0n) is 11.2. The second-order valence-corrected chi connectivity index (χ2v) is 5.53. The summed E-state index contributed by atoms with van der Waals surface area (Å²) in [6.07, 6.45) is 3.04. The Morgan fingerprint density at radius 1 is 1.17 bits per heavy atom. The molecule has 0 aliphatic heterocycles. The molecule has 0 spiro atoms. The van der Waals surface area contributed by atoms with Crippen LogP contribution in [0.3, 0.4) is 0 Å². The van der Waals surface area contributed by atoms with Crippen molar-refractivity contribution in [2.75, 3.05) is 0 Å². The minimum atomic E-state index is 0.346. The molecule has 0 aliphatic rings. The number of hydrogen-bond donors (Lipinski definition) is 1. The van der Waals surface area contributed by atoms with E-state index in [9.17, 15) is 0 Å². The number of nitrogens with one attached hydrogen (secondary N) is 1. The van der Waals surface area contributed by atoms with Gasteiger partial charge in [-0.05, 0) is 31.4 Å². The maximum atomic E-state index is 4.12. The third-order valence-corrected chi connectivity index (χ3v) is 4.22. The zero-order valence-corrected chi connectivity index (χ0v) is 12.0. The monoisotopic (exact) mass is 260 g/mol. The molecule has 3 heteroatoms. The van der Waals surface area contributed by atoms with Crippen LogP contribution in [0.25, 0.3) is 0 Å². The van der Waals surface area contributed by atoms with Gasteiger partial charge < -0.3 is 5.32 Å². The van der Waals surface area contributed by atoms with Crippen molar-refractivity contribution < 1.29 is 0 Å². The molecule has 0 aliphatic carbocycles. The van der Waals surface area contributed by atoms with Crippen LogP contribution < -0.4 is 5.32 Å². The first-order chi connectivity index (χ1) is 8.70. The highest BCUT2D eigenvalue weighted by Crippen LogP contribution is 2.21. The molecule has 2 nitrogen and oxygen atoms in total. The molecule has 1 aromatic heterocycles. The maximum absolute atomic E-state index is 4.12. The number of hydrogen-bond acceptors (Lipinski definition) is 3. The van der Waals surface area contributed by atoms with Gasteiger partial charge in [-0.2, -0.15) is 0 Å². The molecule has 18 heavy (non-hydrogen) atoms. The van der Waals surface area contributed by atoms with Crippen LogP contribution in [0.15, 0.2) is 36.0 Å². The van der Waals surface area contributed by atoms with Gasteiger partial charge in [0.15, 0.2) is 0 Å². The number of nitrogens with zero attached hydrogens (tertiary/aromatic N) is 1. The molecule has 2 unspecified atom stereocenters. The summed E-state index contributed by atoms with van der Waals surface area (Å²) in [5.74, 6) is 0. The molecule has 96 valence electrons. The summed E-state index contributed by atoms with van der Waals surface area (Å²) in [6.45, 7) is 6.57. The van der Waals surface area contributed by atoms with Gasteiger partial charge in [-0.3, -0.25) is 4.98 Å². The SMILES string of the molecule is CCc1ccc(C(C)NC(C)c2cncs2)cc1. The fourth-order valence-electron chi connectivity index (χ4n) is 2.03. The van der Waals surface area contributed by atoms with Crippen LogP contribution >= 0.6 is 11.3 Å². The van der Waals surface area contributed by atoms with Crippen molar-refractivity contribution >= 4 is 11.3 Å². The molecule has 2 aromatic rings. The lowest BCUT2D eigenvalue weighted by molar-refractivity contribution is 0.499. The fourth-order valence-corrected chi connectivity index (χ4v) is 2.67. The smallest absolute Gasteiger partial charge is 0.0794 e. The molecule has 0 saturated carbocycles. The topological polar surface area (TPSA) is 24.9 Å². The molecule has 0 amide bonds. The van der Waals surface area contributed by atoms with E-state index in [1.807, 2.05) is 11.7 Å². The Kier molecular flexibility index (Phi) is 4.50. The predicted molar refractivity (Wildman–Crippen MR) is 77.9 cm³/mol. The van der Waals surface area contributed by atoms with Crippen molar-refractivity contribution in [3.63, 3.8) is 0 Å². The number of aromatic nitrogens is 1. The Hall–Kier alpha value is -1.19. The molecule has 2 rings (SSSR count). The van der Waals surface area contributed by atoms with Crippen molar-refractivity contribution in [1.82, 2.24) is 10.3 Å². The van der Waals surface area contributed by atoms with Crippen LogP contribution in [0.2, 0.25) is 0 Å². The minimum absolute atomic E-state index is 0.346. The number of aryl methyl sites for hydroxylation is 1. The second kappa shape index (κ2) is 6.12. The fraction of sp³-hybridized carbons (Fsp3) is 0.400. The van der Waals surface area contributed by atoms with E-state index in [2.05, 4.69) is 55.3 Å². The zero-order chi connectivity index (χ0) is 13.0. The van der Waals surface area contributed by atoms with Gasteiger partial charge in [-0.15, -0.1) is 11.3 Å². The summed E-state index contributed by atoms with van der Waals surface area (Å²) in [4.78, 5) is 5.41. The molecule has 0 saturated heterocycles. The van der Waals surface area contributed by atoms with Crippen LogP contribution in [0.5, 0.6) is 0 Å². The lowest BCUT2D eigenvalue weighted by atomic mass is 10.0. The van der Waals surface area contributed by atoms with Gasteiger partial charge in [-0.25, -0.2) is 0 Å². The van der Waals surface area contributed by atoms with Crippen molar-refractivity contribution in [2.24, 2.45) is 0 Å². The molecular weight excluding hydrogens is 240 g/mol. The Morgan fingerprint density at radius 3 is 2.44 bits per heavy atom. The summed E-state index contributed by atoms with van der Waals surface area (Å²) in [6, 6.07) is 9.56. The van der Waals surface area contributed by atoms with Crippen molar-refractivity contribution in [3.8, 4) is 0 Å². The number of thiazole rings is 1. The third kappa shape index (κ3) is 3.18. The van der Waals surface area contributed by atoms with Crippen molar-refractivity contribution in [1.29, 1.82) is 0 Å². The first kappa shape index (κ1) is 13.2. The largest absolute Gasteiger partial charge is 0.303 e. The van der Waals surface area contributed by atoms with E-state index in [1.54, 1.807) is 11.3 Å². The van der Waals surface area contributed by atoms with E-state index >= 15 is 0 Å². The van der Waals surface area contributed by atoms with Crippen LogP contribution in [0.4, 0.5) is 0 Å². The van der Waals surface area contributed by atoms with E-state index in [0.29, 0.717) is 12.1 Å². The predicted octanol–water partition coefficient (Wildman–Crippen LogP) is 4.12. The van der Waals surface area contributed by atoms with E-state index in [4.69, 9.17) is 0 Å². The normalized spacial score (nSPS) is 14.4. The first-order valence-electron chi connectivity index (χ1n) is 6.44. The molecule has 1 N–H and O–H groups in total. The standard InChI is InChI=1S/C15H20N2S/c1-4-13-5-7-14(8-6-13)11(2)17-12(3)15-9-16-10-18-15/h5-12,17H,4H2,1-3H3. The average molecular weight is 260 g/mol. The maximum Gasteiger partial charge on any atom is 0.0794 e. The van der Waals surface area contributed by atoms with Gasteiger partial charge >= 0.3 is 0 Å². The first-order valence-corrected chi connectivity index (χ1v) is 7.32. The van der Waals surface area contributed by atoms with Gasteiger partial charge in [0.05, 0.1) is 5.51 Å². The summed E-state index contributed by atoms with van der Waals surface area (Å²) in [7, 11) is 0. The van der Waals surface area contributed by atoms with E-state index in [-0.39, 0.29) is 0 Å². The molecule has 0 bridgehead atoms. The summed E-state index contributed by atoms with van der Waals surface area (Å²) < 4.78 is 0. The number of rotatable bonds is 5. The lowest BCUT2D eigenvalue weighted by Crippen LogP contribution is -2.21. The summed E-state index contributed by atoms with van der Waals surface area (Å²) in [5.41, 5.74) is 4.61. The quantitative estimate of drug-likeness (QED) is 0.875. The van der Waals surface area contributed by atoms with Crippen LogP contribution in [-0.2, 0) is 6.42 Å². The minimum Gasteiger partial charge on any atom is -0.303 e. The summed E-state index contributed by atoms with van der Waals surface area (Å²) in [5, 5.41) is 3.61. The Balaban J connectivity index is 2.00. The Labute approximate surface area is 113 Å². The summed E-state index contributed by atoms with van der Waals surface area (Å²) >= 11 is 1.70. The lowest BCUT2D eigenvalue weighted by Gasteiger charge is -2.19. The molecule has 0 fully saturated rings. The van der Waals surface area contributed by atoms with Gasteiger partial charge in [0.25, 0.3) is 0 Å². The van der Waals surface area contributed by atoms with Crippen LogP contribution in [-0.4, -0.2) is 4.98 Å². The number of benzene rings is 1. The highest BCUT2D eigenvalue weighted by molar-refractivity contribution is 7.09. The Morgan fingerprint density at radius 2 is 1.89 bits per heavy atom. The van der Waals surface area contributed by atoms with Crippen LogP contribution in [0.1, 0.15) is 48.9 Å². The van der Waals surface area contributed by atoms with Gasteiger partial charge in [0, 0.05) is 23.2 Å². The van der Waals surface area contributed by atoms with E-state index in [1.165, 1.54) is 16.0 Å². The van der Waals surface area contributed by atoms with Gasteiger partial charge in [0.1, 0.15) is 0 Å². The van der Waals surface area contributed by atoms with E-state index in [0.717, 1.165) is 6.42 Å². The molecule has 0 radical (unpaired) electrons. The molecule has 2 atom stereocenters. The van der Waals surface area contributed by atoms with Crippen LogP contribution in [0, 0.1) is 0 Å². The molecule has 1 aromatic carbocycles. The van der Waals surface area contributed by atoms with Crippen molar-refractivity contribution in [3.05, 3.63) is 52.0 Å². The van der Waals surface area contributed by atoms with E-state index < -0.39 is 0 Å². The highest BCUT2D eigenvalue weighted by Gasteiger charge is 2.11. The van der Waals surface area contributed by atoms with Crippen molar-refractivity contribution in [2.45, 2.75) is 39.3 Å². The third-order valence-electron chi connectivity index (χ3n) is 3.27. The van der Waals surface area contributed by atoms with Gasteiger partial charge in [0.2, 0.25) is 0 Å². The second-order valence-electron chi connectivity index (χ2n) is 4.61.